The van der Waals surface area contributed by atoms with Gasteiger partial charge in [0, 0.05) is 39.1 Å². The number of ketones is 1. The van der Waals surface area contributed by atoms with Gasteiger partial charge in [-0.1, -0.05) is 17.7 Å². The van der Waals surface area contributed by atoms with Crippen LogP contribution in [0.1, 0.15) is 5.56 Å². The number of nitrogens with two attached hydrogens (primary N) is 1. The van der Waals surface area contributed by atoms with E-state index in [2.05, 4.69) is 4.98 Å². The Morgan fingerprint density at radius 1 is 1.45 bits per heavy atom. The molecule has 0 aromatic carbocycles. The second kappa shape index (κ2) is 8.55. The van der Waals surface area contributed by atoms with Crippen molar-refractivity contribution < 1.29 is 18.0 Å². The molecular formula is C12H15ClF3N3O. The van der Waals surface area contributed by atoms with Crippen LogP contribution in [-0.2, 0) is 11.3 Å². The number of aromatic nitrogens is 1. The lowest BCUT2D eigenvalue weighted by Gasteiger charge is -2.03. The van der Waals surface area contributed by atoms with E-state index in [1.54, 1.807) is 12.3 Å². The first kappa shape index (κ1) is 18.4. The lowest BCUT2D eigenvalue weighted by molar-refractivity contribution is -0.165. The van der Waals surface area contributed by atoms with Crippen LogP contribution < -0.4 is 5.73 Å². The highest BCUT2D eigenvalue weighted by molar-refractivity contribution is 6.29. The van der Waals surface area contributed by atoms with Crippen LogP contribution in [0.25, 0.3) is 0 Å². The minimum Gasteiger partial charge on any atom is -0.383 e. The highest BCUT2D eigenvalue weighted by Gasteiger charge is 2.35. The molecule has 0 aliphatic rings. The Balaban J connectivity index is 0.000000367. The molecule has 112 valence electrons. The first-order valence-corrected chi connectivity index (χ1v) is 5.81. The molecule has 1 rings (SSSR count). The van der Waals surface area contributed by atoms with Gasteiger partial charge in [-0.05, 0) is 11.6 Å². The summed E-state index contributed by atoms with van der Waals surface area (Å²) in [7, 11) is 3.06. The third-order valence-electron chi connectivity index (χ3n) is 1.83. The van der Waals surface area contributed by atoms with Gasteiger partial charge in [0.1, 0.15) is 5.15 Å². The summed E-state index contributed by atoms with van der Waals surface area (Å²) in [5, 5.41) is 0.507. The summed E-state index contributed by atoms with van der Waals surface area (Å²) in [6.07, 6.45) is -1.55. The molecule has 0 unspecified atom stereocenters. The van der Waals surface area contributed by atoms with Crippen LogP contribution in [0.4, 0.5) is 13.2 Å². The van der Waals surface area contributed by atoms with Crippen LogP contribution in [0.3, 0.4) is 0 Å². The Labute approximate surface area is 120 Å². The number of carbonyl (C=O) groups excluding carboxylic acids is 1. The Morgan fingerprint density at radius 2 is 2.05 bits per heavy atom. The van der Waals surface area contributed by atoms with Gasteiger partial charge >= 0.3 is 6.18 Å². The predicted octanol–water partition coefficient (Wildman–Crippen LogP) is 2.39. The second-order valence-corrected chi connectivity index (χ2v) is 4.22. The topological polar surface area (TPSA) is 59.2 Å². The number of pyridine rings is 1. The van der Waals surface area contributed by atoms with E-state index in [9.17, 15) is 18.0 Å². The first-order chi connectivity index (χ1) is 9.16. The number of alkyl halides is 3. The SMILES string of the molecule is CN(C)C=CC(=O)C(F)(F)F.NCc1ccc(Cl)nc1. The zero-order valence-corrected chi connectivity index (χ0v) is 11.7. The lowest BCUT2D eigenvalue weighted by atomic mass is 10.3. The molecule has 0 saturated heterocycles. The van der Waals surface area contributed by atoms with Gasteiger partial charge in [0.15, 0.2) is 0 Å². The normalized spacial score (nSPS) is 10.9. The molecular weight excluding hydrogens is 295 g/mol. The van der Waals surface area contributed by atoms with Crippen LogP contribution in [0.2, 0.25) is 5.15 Å². The van der Waals surface area contributed by atoms with Crippen molar-refractivity contribution in [2.24, 2.45) is 5.73 Å². The number of rotatable bonds is 3. The summed E-state index contributed by atoms with van der Waals surface area (Å²) in [5.74, 6) is -1.84. The summed E-state index contributed by atoms with van der Waals surface area (Å²) in [6.45, 7) is 0.518. The molecule has 2 N–H and O–H groups in total. The van der Waals surface area contributed by atoms with Crippen molar-refractivity contribution in [3.05, 3.63) is 41.3 Å². The van der Waals surface area contributed by atoms with E-state index in [0.29, 0.717) is 17.8 Å². The maximum absolute atomic E-state index is 11.5. The molecule has 0 spiro atoms. The van der Waals surface area contributed by atoms with Gasteiger partial charge in [0.05, 0.1) is 0 Å². The van der Waals surface area contributed by atoms with Gasteiger partial charge in [-0.2, -0.15) is 13.2 Å². The van der Waals surface area contributed by atoms with Crippen LogP contribution >= 0.6 is 11.6 Å². The Hall–Kier alpha value is -1.60. The van der Waals surface area contributed by atoms with Crippen LogP contribution in [0.15, 0.2) is 30.6 Å². The molecule has 0 bridgehead atoms. The number of nitrogens with zero attached hydrogens (tertiary/aromatic N) is 2. The van der Waals surface area contributed by atoms with E-state index < -0.39 is 12.0 Å². The molecule has 1 heterocycles. The van der Waals surface area contributed by atoms with Gasteiger partial charge in [-0.3, -0.25) is 4.79 Å². The van der Waals surface area contributed by atoms with Gasteiger partial charge in [-0.15, -0.1) is 0 Å². The molecule has 0 saturated carbocycles. The van der Waals surface area contributed by atoms with Gasteiger partial charge in [0.2, 0.25) is 0 Å². The Kier molecular flexibility index (Phi) is 7.86. The number of hydrogen-bond donors (Lipinski definition) is 1. The van der Waals surface area contributed by atoms with E-state index >= 15 is 0 Å². The van der Waals surface area contributed by atoms with Crippen molar-refractivity contribution in [3.8, 4) is 0 Å². The van der Waals surface area contributed by atoms with Crippen molar-refractivity contribution in [2.45, 2.75) is 12.7 Å². The van der Waals surface area contributed by atoms with Crippen molar-refractivity contribution in [1.82, 2.24) is 9.88 Å². The summed E-state index contributed by atoms with van der Waals surface area (Å²) < 4.78 is 34.4. The van der Waals surface area contributed by atoms with Crippen molar-refractivity contribution in [1.29, 1.82) is 0 Å². The van der Waals surface area contributed by atoms with E-state index in [-0.39, 0.29) is 0 Å². The molecule has 0 fully saturated rings. The number of carbonyl (C=O) groups is 1. The fourth-order valence-electron chi connectivity index (χ4n) is 0.838. The number of hydrogen-bond acceptors (Lipinski definition) is 4. The van der Waals surface area contributed by atoms with Crippen LogP contribution in [0.5, 0.6) is 0 Å². The summed E-state index contributed by atoms with van der Waals surface area (Å²) in [6, 6.07) is 3.58. The highest BCUT2D eigenvalue weighted by atomic mass is 35.5. The molecule has 0 amide bonds. The molecule has 0 atom stereocenters. The zero-order chi connectivity index (χ0) is 15.8. The Bertz CT molecular complexity index is 444. The zero-order valence-electron chi connectivity index (χ0n) is 11.0. The maximum Gasteiger partial charge on any atom is 0.454 e. The molecule has 0 aliphatic carbocycles. The molecule has 4 nitrogen and oxygen atoms in total. The van der Waals surface area contributed by atoms with Crippen LogP contribution in [-0.4, -0.2) is 35.9 Å². The quantitative estimate of drug-likeness (QED) is 0.688. The third kappa shape index (κ3) is 8.49. The minimum atomic E-state index is -4.76. The average molecular weight is 310 g/mol. The molecule has 0 radical (unpaired) electrons. The molecule has 8 heteroatoms. The van der Waals surface area contributed by atoms with E-state index in [1.165, 1.54) is 19.0 Å². The standard InChI is InChI=1S/C6H7ClN2.C6H8F3NO/c7-6-2-1-5(3-8)4-9-6;1-10(2)4-3-5(11)6(7,8)9/h1-2,4H,3,8H2;3-4H,1-2H3. The largest absolute Gasteiger partial charge is 0.454 e. The maximum atomic E-state index is 11.5. The fraction of sp³-hybridized carbons (Fsp3) is 0.333. The minimum absolute atomic E-state index is 0.486. The molecule has 1 aromatic rings. The number of allylic oxidation sites excluding steroid dienone is 1. The van der Waals surface area contributed by atoms with E-state index in [1.807, 2.05) is 6.07 Å². The fourth-order valence-corrected chi connectivity index (χ4v) is 0.950. The average Bonchev–Trinajstić information content (AvgIpc) is 2.36. The Morgan fingerprint density at radius 3 is 2.40 bits per heavy atom. The smallest absolute Gasteiger partial charge is 0.383 e. The monoisotopic (exact) mass is 309 g/mol. The first-order valence-electron chi connectivity index (χ1n) is 5.43. The van der Waals surface area contributed by atoms with Crippen molar-refractivity contribution in [3.63, 3.8) is 0 Å². The van der Waals surface area contributed by atoms with Crippen molar-refractivity contribution >= 4 is 17.4 Å². The van der Waals surface area contributed by atoms with E-state index in [0.717, 1.165) is 11.8 Å². The number of halogens is 4. The summed E-state index contributed by atoms with van der Waals surface area (Å²) >= 11 is 5.52. The molecule has 0 aliphatic heterocycles. The van der Waals surface area contributed by atoms with Crippen LogP contribution in [0, 0.1) is 0 Å². The molecule has 20 heavy (non-hydrogen) atoms. The summed E-state index contributed by atoms with van der Waals surface area (Å²) in [5.41, 5.74) is 6.32. The molecule has 1 aromatic heterocycles. The predicted molar refractivity (Wildman–Crippen MR) is 71.0 cm³/mol. The highest BCUT2D eigenvalue weighted by Crippen LogP contribution is 2.16. The van der Waals surface area contributed by atoms with Gasteiger partial charge in [-0.25, -0.2) is 4.98 Å². The third-order valence-corrected chi connectivity index (χ3v) is 2.05. The van der Waals surface area contributed by atoms with Gasteiger partial charge in [0.25, 0.3) is 5.78 Å². The van der Waals surface area contributed by atoms with Gasteiger partial charge < -0.3 is 10.6 Å². The lowest BCUT2D eigenvalue weighted by Crippen LogP contribution is -2.20. The second-order valence-electron chi connectivity index (χ2n) is 3.83. The van der Waals surface area contributed by atoms with Crippen molar-refractivity contribution in [2.75, 3.05) is 14.1 Å². The summed E-state index contributed by atoms with van der Waals surface area (Å²) in [4.78, 5) is 15.3. The van der Waals surface area contributed by atoms with E-state index in [4.69, 9.17) is 17.3 Å².